The predicted octanol–water partition coefficient (Wildman–Crippen LogP) is 1.62. The molecule has 0 spiro atoms. The third-order valence-corrected chi connectivity index (χ3v) is 3.42. The molecule has 1 aliphatic heterocycles. The van der Waals surface area contributed by atoms with Gasteiger partial charge in [-0.3, -0.25) is 0 Å². The van der Waals surface area contributed by atoms with Crippen LogP contribution < -0.4 is 5.32 Å². The van der Waals surface area contributed by atoms with Crippen LogP contribution in [0.2, 0.25) is 0 Å². The van der Waals surface area contributed by atoms with Crippen molar-refractivity contribution in [1.82, 2.24) is 5.32 Å². The molecule has 0 aromatic heterocycles. The van der Waals surface area contributed by atoms with Gasteiger partial charge >= 0.3 is 0 Å². The second kappa shape index (κ2) is 3.87. The molecule has 1 aliphatic carbocycles. The summed E-state index contributed by atoms with van der Waals surface area (Å²) >= 11 is 0. The SMILES string of the molecule is CCC1C=CC(O)(C2C=CCN2)CC1. The van der Waals surface area contributed by atoms with Gasteiger partial charge in [-0.05, 0) is 25.2 Å². The summed E-state index contributed by atoms with van der Waals surface area (Å²) < 4.78 is 0. The number of hydrogen-bond acceptors (Lipinski definition) is 2. The minimum Gasteiger partial charge on any atom is -0.384 e. The van der Waals surface area contributed by atoms with Crippen molar-refractivity contribution in [2.24, 2.45) is 5.92 Å². The van der Waals surface area contributed by atoms with Gasteiger partial charge in [-0.25, -0.2) is 0 Å². The standard InChI is InChI=1S/C12H19NO/c1-2-10-5-7-12(14,8-6-10)11-4-3-9-13-11/h3-5,7,10-11,13-14H,2,6,8-9H2,1H3. The molecule has 2 rings (SSSR count). The van der Waals surface area contributed by atoms with E-state index in [2.05, 4.69) is 30.5 Å². The molecule has 0 aromatic rings. The highest BCUT2D eigenvalue weighted by molar-refractivity contribution is 5.20. The second-order valence-corrected chi connectivity index (χ2v) is 4.37. The van der Waals surface area contributed by atoms with E-state index in [9.17, 15) is 5.11 Å². The van der Waals surface area contributed by atoms with Crippen molar-refractivity contribution in [1.29, 1.82) is 0 Å². The average Bonchev–Trinajstić information content (AvgIpc) is 2.72. The maximum Gasteiger partial charge on any atom is 0.102 e. The summed E-state index contributed by atoms with van der Waals surface area (Å²) in [4.78, 5) is 0. The van der Waals surface area contributed by atoms with Crippen LogP contribution in [0, 0.1) is 5.92 Å². The largest absolute Gasteiger partial charge is 0.384 e. The predicted molar refractivity (Wildman–Crippen MR) is 58.0 cm³/mol. The van der Waals surface area contributed by atoms with Gasteiger partial charge in [0.25, 0.3) is 0 Å². The molecule has 78 valence electrons. The zero-order chi connectivity index (χ0) is 10.0. The van der Waals surface area contributed by atoms with E-state index in [0.29, 0.717) is 5.92 Å². The van der Waals surface area contributed by atoms with E-state index in [-0.39, 0.29) is 6.04 Å². The number of allylic oxidation sites excluding steroid dienone is 1. The maximum atomic E-state index is 10.4. The minimum absolute atomic E-state index is 0.122. The molecule has 0 amide bonds. The van der Waals surface area contributed by atoms with Gasteiger partial charge in [-0.15, -0.1) is 0 Å². The summed E-state index contributed by atoms with van der Waals surface area (Å²) in [5.74, 6) is 0.667. The number of hydrogen-bond donors (Lipinski definition) is 2. The summed E-state index contributed by atoms with van der Waals surface area (Å²) in [6.45, 7) is 3.09. The molecule has 0 saturated heterocycles. The Bertz CT molecular complexity index is 259. The van der Waals surface area contributed by atoms with E-state index in [0.717, 1.165) is 19.4 Å². The van der Waals surface area contributed by atoms with E-state index >= 15 is 0 Å². The van der Waals surface area contributed by atoms with Crippen LogP contribution in [0.15, 0.2) is 24.3 Å². The molecule has 14 heavy (non-hydrogen) atoms. The van der Waals surface area contributed by atoms with Gasteiger partial charge in [0.2, 0.25) is 0 Å². The Kier molecular flexibility index (Phi) is 2.75. The maximum absolute atomic E-state index is 10.4. The summed E-state index contributed by atoms with van der Waals surface area (Å²) in [5.41, 5.74) is -0.640. The Balaban J connectivity index is 2.06. The molecule has 1 heterocycles. The molecule has 3 atom stereocenters. The molecule has 2 N–H and O–H groups in total. The first kappa shape index (κ1) is 9.94. The lowest BCUT2D eigenvalue weighted by atomic mass is 9.80. The fourth-order valence-corrected chi connectivity index (χ4v) is 2.31. The normalized spacial score (nSPS) is 41.9. The molecule has 0 aromatic carbocycles. The van der Waals surface area contributed by atoms with Crippen LogP contribution in [0.1, 0.15) is 26.2 Å². The Morgan fingerprint density at radius 1 is 1.50 bits per heavy atom. The Hall–Kier alpha value is -0.600. The van der Waals surface area contributed by atoms with Crippen LogP contribution in [0.5, 0.6) is 0 Å². The van der Waals surface area contributed by atoms with Crippen LogP contribution in [0.4, 0.5) is 0 Å². The smallest absolute Gasteiger partial charge is 0.102 e. The third-order valence-electron chi connectivity index (χ3n) is 3.42. The first-order valence-corrected chi connectivity index (χ1v) is 5.56. The molecule has 3 unspecified atom stereocenters. The molecular weight excluding hydrogens is 174 g/mol. The zero-order valence-electron chi connectivity index (χ0n) is 8.74. The summed E-state index contributed by atoms with van der Waals surface area (Å²) in [7, 11) is 0. The van der Waals surface area contributed by atoms with Gasteiger partial charge in [0.05, 0.1) is 6.04 Å². The van der Waals surface area contributed by atoms with Gasteiger partial charge in [-0.1, -0.05) is 31.2 Å². The van der Waals surface area contributed by atoms with E-state index in [4.69, 9.17) is 0 Å². The molecule has 2 nitrogen and oxygen atoms in total. The fraction of sp³-hybridized carbons (Fsp3) is 0.667. The van der Waals surface area contributed by atoms with Crippen molar-refractivity contribution in [3.63, 3.8) is 0 Å². The zero-order valence-corrected chi connectivity index (χ0v) is 8.74. The minimum atomic E-state index is -0.640. The van der Waals surface area contributed by atoms with Crippen LogP contribution in [-0.2, 0) is 0 Å². The van der Waals surface area contributed by atoms with Gasteiger partial charge in [-0.2, -0.15) is 0 Å². The molecule has 2 aliphatic rings. The van der Waals surface area contributed by atoms with Crippen LogP contribution >= 0.6 is 0 Å². The molecule has 0 bridgehead atoms. The molecular formula is C12H19NO. The van der Waals surface area contributed by atoms with Crippen molar-refractivity contribution in [3.05, 3.63) is 24.3 Å². The molecule has 0 radical (unpaired) electrons. The number of rotatable bonds is 2. The van der Waals surface area contributed by atoms with E-state index in [1.54, 1.807) is 0 Å². The Labute approximate surface area is 85.7 Å². The highest BCUT2D eigenvalue weighted by Crippen LogP contribution is 2.31. The number of nitrogens with one attached hydrogen (secondary N) is 1. The lowest BCUT2D eigenvalue weighted by Gasteiger charge is -2.35. The van der Waals surface area contributed by atoms with Gasteiger partial charge in [0.1, 0.15) is 5.60 Å². The van der Waals surface area contributed by atoms with Crippen LogP contribution in [-0.4, -0.2) is 23.3 Å². The lowest BCUT2D eigenvalue weighted by Crippen LogP contribution is -2.47. The van der Waals surface area contributed by atoms with Crippen LogP contribution in [0.3, 0.4) is 0 Å². The average molecular weight is 193 g/mol. The highest BCUT2D eigenvalue weighted by Gasteiger charge is 2.35. The Morgan fingerprint density at radius 2 is 2.36 bits per heavy atom. The molecule has 0 fully saturated rings. The monoisotopic (exact) mass is 193 g/mol. The summed E-state index contributed by atoms with van der Waals surface area (Å²) in [6, 6.07) is 0.122. The first-order valence-electron chi connectivity index (χ1n) is 5.56. The Morgan fingerprint density at radius 3 is 2.86 bits per heavy atom. The number of aliphatic hydroxyl groups is 1. The van der Waals surface area contributed by atoms with Crippen molar-refractivity contribution in [2.45, 2.75) is 37.8 Å². The molecule has 0 saturated carbocycles. The van der Waals surface area contributed by atoms with Crippen molar-refractivity contribution in [3.8, 4) is 0 Å². The van der Waals surface area contributed by atoms with E-state index in [1.807, 2.05) is 6.08 Å². The molecule has 2 heteroatoms. The second-order valence-electron chi connectivity index (χ2n) is 4.37. The van der Waals surface area contributed by atoms with E-state index in [1.165, 1.54) is 6.42 Å². The van der Waals surface area contributed by atoms with Gasteiger partial charge < -0.3 is 10.4 Å². The van der Waals surface area contributed by atoms with Crippen LogP contribution in [0.25, 0.3) is 0 Å². The van der Waals surface area contributed by atoms with Crippen molar-refractivity contribution < 1.29 is 5.11 Å². The highest BCUT2D eigenvalue weighted by atomic mass is 16.3. The quantitative estimate of drug-likeness (QED) is 0.653. The summed E-state index contributed by atoms with van der Waals surface area (Å²) in [6.07, 6.45) is 11.5. The fourth-order valence-electron chi connectivity index (χ4n) is 2.31. The first-order chi connectivity index (χ1) is 6.74. The lowest BCUT2D eigenvalue weighted by molar-refractivity contribution is 0.0478. The van der Waals surface area contributed by atoms with Gasteiger partial charge in [0, 0.05) is 6.54 Å². The third kappa shape index (κ3) is 1.77. The van der Waals surface area contributed by atoms with Crippen molar-refractivity contribution in [2.75, 3.05) is 6.54 Å². The van der Waals surface area contributed by atoms with E-state index < -0.39 is 5.60 Å². The van der Waals surface area contributed by atoms with Gasteiger partial charge in [0.15, 0.2) is 0 Å². The topological polar surface area (TPSA) is 32.3 Å². The van der Waals surface area contributed by atoms with Crippen molar-refractivity contribution >= 4 is 0 Å². The summed E-state index contributed by atoms with van der Waals surface area (Å²) in [5, 5.41) is 13.7.